The molecule has 0 spiro atoms. The molecule has 0 bridgehead atoms. The van der Waals surface area contributed by atoms with E-state index in [1.54, 1.807) is 12.1 Å². The van der Waals surface area contributed by atoms with Crippen molar-refractivity contribution >= 4 is 40.2 Å². The predicted molar refractivity (Wildman–Crippen MR) is 120 cm³/mol. The molecule has 1 saturated heterocycles. The molecule has 0 radical (unpaired) electrons. The van der Waals surface area contributed by atoms with Crippen LogP contribution in [0.3, 0.4) is 0 Å². The second-order valence-corrected chi connectivity index (χ2v) is 8.77. The minimum absolute atomic E-state index is 0.123. The molecule has 0 atom stereocenters. The normalized spacial score (nSPS) is 14.8. The van der Waals surface area contributed by atoms with E-state index in [1.165, 1.54) is 6.20 Å². The molecular weight excluding hydrogens is 406 g/mol. The number of rotatable bonds is 5. The maximum absolute atomic E-state index is 13.0. The SMILES string of the molecule is O=C(NCc1ccc(Cl)cc1)c1c[nH]c2ccc(CN3CCSCC3)cc2c1=O. The van der Waals surface area contributed by atoms with E-state index in [-0.39, 0.29) is 16.9 Å². The molecule has 5 nitrogen and oxygen atoms in total. The van der Waals surface area contributed by atoms with Crippen molar-refractivity contribution < 1.29 is 4.79 Å². The molecule has 1 fully saturated rings. The zero-order valence-electron chi connectivity index (χ0n) is 15.9. The van der Waals surface area contributed by atoms with Gasteiger partial charge in [-0.2, -0.15) is 11.8 Å². The summed E-state index contributed by atoms with van der Waals surface area (Å²) in [4.78, 5) is 31.0. The highest BCUT2D eigenvalue weighted by atomic mass is 35.5. The third-order valence-electron chi connectivity index (χ3n) is 5.07. The van der Waals surface area contributed by atoms with E-state index >= 15 is 0 Å². The van der Waals surface area contributed by atoms with Gasteiger partial charge < -0.3 is 10.3 Å². The van der Waals surface area contributed by atoms with Gasteiger partial charge in [-0.1, -0.05) is 29.8 Å². The Morgan fingerprint density at radius 2 is 1.83 bits per heavy atom. The summed E-state index contributed by atoms with van der Waals surface area (Å²) in [6.45, 7) is 3.28. The number of pyridine rings is 1. The lowest BCUT2D eigenvalue weighted by Crippen LogP contribution is -2.32. The fourth-order valence-corrected chi connectivity index (χ4v) is 4.53. The maximum atomic E-state index is 13.0. The van der Waals surface area contributed by atoms with Gasteiger partial charge in [-0.15, -0.1) is 0 Å². The first-order valence-corrected chi connectivity index (χ1v) is 11.1. The van der Waals surface area contributed by atoms with Crippen LogP contribution in [0.15, 0.2) is 53.5 Å². The molecule has 1 amide bonds. The van der Waals surface area contributed by atoms with Crippen molar-refractivity contribution in [2.45, 2.75) is 13.1 Å². The molecule has 4 rings (SSSR count). The molecule has 150 valence electrons. The van der Waals surface area contributed by atoms with Gasteiger partial charge in [0.15, 0.2) is 0 Å². The molecule has 1 aliphatic heterocycles. The Balaban J connectivity index is 1.52. The first-order chi connectivity index (χ1) is 14.1. The van der Waals surface area contributed by atoms with E-state index in [0.717, 1.165) is 47.8 Å². The number of halogens is 1. The lowest BCUT2D eigenvalue weighted by atomic mass is 10.1. The number of thioether (sulfide) groups is 1. The van der Waals surface area contributed by atoms with Gasteiger partial charge >= 0.3 is 0 Å². The van der Waals surface area contributed by atoms with E-state index in [9.17, 15) is 9.59 Å². The van der Waals surface area contributed by atoms with E-state index < -0.39 is 0 Å². The Labute approximate surface area is 178 Å². The average molecular weight is 428 g/mol. The van der Waals surface area contributed by atoms with Crippen LogP contribution in [0.4, 0.5) is 0 Å². The highest BCUT2D eigenvalue weighted by Crippen LogP contribution is 2.16. The molecule has 2 aromatic carbocycles. The zero-order valence-corrected chi connectivity index (χ0v) is 17.5. The number of carbonyl (C=O) groups is 1. The van der Waals surface area contributed by atoms with Crippen LogP contribution in [0, 0.1) is 0 Å². The third-order valence-corrected chi connectivity index (χ3v) is 6.26. The Kier molecular flexibility index (Phi) is 6.23. The number of H-pyrrole nitrogens is 1. The topological polar surface area (TPSA) is 65.2 Å². The number of benzene rings is 2. The molecule has 3 aromatic rings. The predicted octanol–water partition coefficient (Wildman–Crippen LogP) is 3.66. The van der Waals surface area contributed by atoms with E-state index in [4.69, 9.17) is 11.6 Å². The first kappa shape index (κ1) is 20.0. The number of nitrogens with one attached hydrogen (secondary N) is 2. The highest BCUT2D eigenvalue weighted by molar-refractivity contribution is 7.99. The monoisotopic (exact) mass is 427 g/mol. The van der Waals surface area contributed by atoms with Crippen LogP contribution >= 0.6 is 23.4 Å². The molecule has 1 aliphatic rings. The standard InChI is InChI=1S/C22H22ClN3O2S/c23-17-4-1-15(2-5-17)12-25-22(28)19-13-24-20-6-3-16(11-18(20)21(19)27)14-26-7-9-29-10-8-26/h1-6,11,13H,7-10,12,14H2,(H,24,27)(H,25,28). The lowest BCUT2D eigenvalue weighted by Gasteiger charge is -2.26. The van der Waals surface area contributed by atoms with Crippen molar-refractivity contribution in [3.63, 3.8) is 0 Å². The van der Waals surface area contributed by atoms with Gasteiger partial charge in [-0.25, -0.2) is 0 Å². The summed E-state index contributed by atoms with van der Waals surface area (Å²) in [5.41, 5.74) is 2.62. The van der Waals surface area contributed by atoms with Crippen molar-refractivity contribution in [3.05, 3.63) is 80.6 Å². The van der Waals surface area contributed by atoms with Gasteiger partial charge in [0.25, 0.3) is 5.91 Å². The first-order valence-electron chi connectivity index (χ1n) is 9.57. The van der Waals surface area contributed by atoms with Crippen molar-refractivity contribution in [2.75, 3.05) is 24.6 Å². The van der Waals surface area contributed by atoms with E-state index in [0.29, 0.717) is 17.0 Å². The Bertz CT molecular complexity index is 1080. The summed E-state index contributed by atoms with van der Waals surface area (Å²) >= 11 is 7.86. The van der Waals surface area contributed by atoms with Crippen LogP contribution in [-0.2, 0) is 13.1 Å². The highest BCUT2D eigenvalue weighted by Gasteiger charge is 2.15. The number of hydrogen-bond donors (Lipinski definition) is 2. The maximum Gasteiger partial charge on any atom is 0.257 e. The number of fused-ring (bicyclic) bond motifs is 1. The smallest absolute Gasteiger partial charge is 0.257 e. The van der Waals surface area contributed by atoms with Crippen molar-refractivity contribution in [2.24, 2.45) is 0 Å². The average Bonchev–Trinajstić information content (AvgIpc) is 2.74. The van der Waals surface area contributed by atoms with Crippen molar-refractivity contribution in [1.29, 1.82) is 0 Å². The number of aromatic nitrogens is 1. The van der Waals surface area contributed by atoms with Crippen LogP contribution in [0.1, 0.15) is 21.5 Å². The lowest BCUT2D eigenvalue weighted by molar-refractivity contribution is 0.0949. The van der Waals surface area contributed by atoms with Crippen molar-refractivity contribution in [3.8, 4) is 0 Å². The van der Waals surface area contributed by atoms with Crippen LogP contribution in [-0.4, -0.2) is 40.4 Å². The Hall–Kier alpha value is -2.28. The van der Waals surface area contributed by atoms with Gasteiger partial charge in [0.05, 0.1) is 0 Å². The molecule has 0 saturated carbocycles. The summed E-state index contributed by atoms with van der Waals surface area (Å²) in [6.07, 6.45) is 1.49. The summed E-state index contributed by atoms with van der Waals surface area (Å²) in [5, 5.41) is 4.00. The summed E-state index contributed by atoms with van der Waals surface area (Å²) in [5.74, 6) is 1.90. The second kappa shape index (κ2) is 9.03. The molecule has 29 heavy (non-hydrogen) atoms. The molecule has 0 unspecified atom stereocenters. The number of aromatic amines is 1. The van der Waals surface area contributed by atoms with Crippen molar-refractivity contribution in [1.82, 2.24) is 15.2 Å². The van der Waals surface area contributed by atoms with Gasteiger partial charge in [0, 0.05) is 59.8 Å². The molecular formula is C22H22ClN3O2S. The summed E-state index contributed by atoms with van der Waals surface area (Å²) in [7, 11) is 0. The number of nitrogens with zero attached hydrogens (tertiary/aromatic N) is 1. The molecule has 7 heteroatoms. The Morgan fingerprint density at radius 1 is 1.10 bits per heavy atom. The van der Waals surface area contributed by atoms with E-state index in [2.05, 4.69) is 15.2 Å². The number of hydrogen-bond acceptors (Lipinski definition) is 4. The van der Waals surface area contributed by atoms with E-state index in [1.807, 2.05) is 42.1 Å². The molecule has 2 N–H and O–H groups in total. The van der Waals surface area contributed by atoms with Gasteiger partial charge in [0.2, 0.25) is 5.43 Å². The number of amides is 1. The molecule has 1 aromatic heterocycles. The van der Waals surface area contributed by atoms with Crippen LogP contribution < -0.4 is 10.7 Å². The fourth-order valence-electron chi connectivity index (χ4n) is 3.43. The molecule has 0 aliphatic carbocycles. The second-order valence-electron chi connectivity index (χ2n) is 7.11. The minimum atomic E-state index is -0.387. The van der Waals surface area contributed by atoms with Gasteiger partial charge in [-0.05, 0) is 35.4 Å². The third kappa shape index (κ3) is 4.83. The Morgan fingerprint density at radius 3 is 2.59 bits per heavy atom. The largest absolute Gasteiger partial charge is 0.360 e. The van der Waals surface area contributed by atoms with Gasteiger partial charge in [-0.3, -0.25) is 14.5 Å². The van der Waals surface area contributed by atoms with Crippen LogP contribution in [0.2, 0.25) is 5.02 Å². The molecule has 2 heterocycles. The quantitative estimate of drug-likeness (QED) is 0.652. The van der Waals surface area contributed by atoms with Crippen LogP contribution in [0.5, 0.6) is 0 Å². The minimum Gasteiger partial charge on any atom is -0.360 e. The zero-order chi connectivity index (χ0) is 20.2. The van der Waals surface area contributed by atoms with Crippen LogP contribution in [0.25, 0.3) is 10.9 Å². The summed E-state index contributed by atoms with van der Waals surface area (Å²) < 4.78 is 0. The summed E-state index contributed by atoms with van der Waals surface area (Å²) in [6, 6.07) is 13.1. The fraction of sp³-hybridized carbons (Fsp3) is 0.273. The number of carbonyl (C=O) groups excluding carboxylic acids is 1. The van der Waals surface area contributed by atoms with Gasteiger partial charge in [0.1, 0.15) is 5.56 Å².